The SMILES string of the molecule is CC(OC(=O)[C@H](C)N=C1NS(=O)(=O)c2ccccc21)C(=O)Nc1ccc([N+](=O)[O-])cc1Cl. The first-order valence-electron chi connectivity index (χ1n) is 9.15. The third-order valence-corrected chi connectivity index (χ3v) is 6.12. The molecule has 0 aliphatic carbocycles. The molecule has 32 heavy (non-hydrogen) atoms. The van der Waals surface area contributed by atoms with E-state index in [0.717, 1.165) is 12.1 Å². The summed E-state index contributed by atoms with van der Waals surface area (Å²) >= 11 is 5.94. The minimum Gasteiger partial charge on any atom is -0.451 e. The van der Waals surface area contributed by atoms with Crippen molar-refractivity contribution in [2.75, 3.05) is 5.32 Å². The van der Waals surface area contributed by atoms with Gasteiger partial charge in [0, 0.05) is 17.7 Å². The summed E-state index contributed by atoms with van der Waals surface area (Å²) in [7, 11) is -3.76. The molecular weight excluding hydrogens is 464 g/mol. The van der Waals surface area contributed by atoms with E-state index in [0.29, 0.717) is 5.56 Å². The Morgan fingerprint density at radius 2 is 1.91 bits per heavy atom. The van der Waals surface area contributed by atoms with Gasteiger partial charge in [-0.2, -0.15) is 0 Å². The van der Waals surface area contributed by atoms with E-state index in [1.54, 1.807) is 18.2 Å². The van der Waals surface area contributed by atoms with E-state index in [2.05, 4.69) is 15.0 Å². The van der Waals surface area contributed by atoms with Crippen LogP contribution in [0.3, 0.4) is 0 Å². The first-order valence-corrected chi connectivity index (χ1v) is 11.0. The number of hydrogen-bond acceptors (Lipinski definition) is 8. The lowest BCUT2D eigenvalue weighted by atomic mass is 10.2. The van der Waals surface area contributed by atoms with Gasteiger partial charge in [-0.1, -0.05) is 23.7 Å². The van der Waals surface area contributed by atoms with Gasteiger partial charge < -0.3 is 10.1 Å². The van der Waals surface area contributed by atoms with Gasteiger partial charge in [-0.3, -0.25) is 24.6 Å². The predicted molar refractivity (Wildman–Crippen MR) is 115 cm³/mol. The van der Waals surface area contributed by atoms with Gasteiger partial charge >= 0.3 is 5.97 Å². The van der Waals surface area contributed by atoms with E-state index in [1.807, 2.05) is 0 Å². The van der Waals surface area contributed by atoms with Crippen LogP contribution in [0.25, 0.3) is 0 Å². The summed E-state index contributed by atoms with van der Waals surface area (Å²) in [5.41, 5.74) is 0.186. The van der Waals surface area contributed by atoms with Gasteiger partial charge in [0.15, 0.2) is 6.10 Å². The van der Waals surface area contributed by atoms with Crippen molar-refractivity contribution >= 4 is 50.7 Å². The molecule has 0 aromatic heterocycles. The third kappa shape index (κ3) is 4.86. The number of esters is 1. The number of sulfonamides is 1. The topological polar surface area (TPSA) is 157 Å². The summed E-state index contributed by atoms with van der Waals surface area (Å²) in [6.45, 7) is 2.71. The number of nitrogens with zero attached hydrogens (tertiary/aromatic N) is 2. The summed E-state index contributed by atoms with van der Waals surface area (Å²) in [5.74, 6) is -1.58. The molecule has 2 atom stereocenters. The largest absolute Gasteiger partial charge is 0.451 e. The molecule has 2 aromatic carbocycles. The molecule has 1 aliphatic rings. The van der Waals surface area contributed by atoms with Gasteiger partial charge in [0.05, 0.1) is 20.5 Å². The molecule has 3 rings (SSSR count). The third-order valence-electron chi connectivity index (χ3n) is 4.41. The van der Waals surface area contributed by atoms with Crippen molar-refractivity contribution in [1.82, 2.24) is 4.72 Å². The molecule has 11 nitrogen and oxygen atoms in total. The first kappa shape index (κ1) is 23.2. The zero-order chi connectivity index (χ0) is 23.6. The molecule has 13 heteroatoms. The van der Waals surface area contributed by atoms with Crippen LogP contribution in [-0.4, -0.2) is 43.2 Å². The maximum Gasteiger partial charge on any atom is 0.331 e. The molecule has 1 heterocycles. The normalized spacial score (nSPS) is 17.0. The molecule has 0 bridgehead atoms. The van der Waals surface area contributed by atoms with Gasteiger partial charge in [0.1, 0.15) is 11.9 Å². The number of ether oxygens (including phenoxy) is 1. The van der Waals surface area contributed by atoms with Crippen LogP contribution < -0.4 is 10.0 Å². The van der Waals surface area contributed by atoms with Crippen LogP contribution in [0.2, 0.25) is 5.02 Å². The van der Waals surface area contributed by atoms with E-state index >= 15 is 0 Å². The Kier molecular flexibility index (Phi) is 6.46. The highest BCUT2D eigenvalue weighted by molar-refractivity contribution is 7.90. The molecule has 2 N–H and O–H groups in total. The molecule has 1 unspecified atom stereocenters. The summed E-state index contributed by atoms with van der Waals surface area (Å²) in [4.78, 5) is 39.0. The smallest absolute Gasteiger partial charge is 0.331 e. The number of amidine groups is 1. The van der Waals surface area contributed by atoms with Gasteiger partial charge in [0.2, 0.25) is 0 Å². The van der Waals surface area contributed by atoms with Gasteiger partial charge in [-0.25, -0.2) is 13.2 Å². The quantitative estimate of drug-likeness (QED) is 0.364. The second-order valence-corrected chi connectivity index (χ2v) is 8.80. The minimum absolute atomic E-state index is 0.000170. The number of halogens is 1. The lowest BCUT2D eigenvalue weighted by Crippen LogP contribution is -2.34. The van der Waals surface area contributed by atoms with E-state index in [1.165, 1.54) is 26.0 Å². The van der Waals surface area contributed by atoms with Crippen molar-refractivity contribution < 1.29 is 27.7 Å². The highest BCUT2D eigenvalue weighted by Gasteiger charge is 2.32. The monoisotopic (exact) mass is 480 g/mol. The lowest BCUT2D eigenvalue weighted by Gasteiger charge is -2.16. The Morgan fingerprint density at radius 1 is 1.22 bits per heavy atom. The maximum absolute atomic E-state index is 12.4. The van der Waals surface area contributed by atoms with Crippen LogP contribution in [0, 0.1) is 10.1 Å². The number of nitrogens with one attached hydrogen (secondary N) is 2. The average Bonchev–Trinajstić information content (AvgIpc) is 2.99. The second-order valence-electron chi connectivity index (χ2n) is 6.74. The fourth-order valence-electron chi connectivity index (χ4n) is 2.76. The number of hydrogen-bond donors (Lipinski definition) is 2. The van der Waals surface area contributed by atoms with Crippen LogP contribution >= 0.6 is 11.6 Å². The van der Waals surface area contributed by atoms with Gasteiger partial charge in [0.25, 0.3) is 21.6 Å². The number of amides is 1. The fourth-order valence-corrected chi connectivity index (χ4v) is 4.22. The standard InChI is InChI=1S/C19H17ClN4O7S/c1-10(21-17-13-5-3-4-6-16(13)32(29,30)23-17)19(26)31-11(2)18(25)22-15-8-7-12(24(27)28)9-14(15)20/h3-11H,1-2H3,(H,21,23)(H,22,25)/t10-,11?/m0/s1. The number of benzene rings is 2. The van der Waals surface area contributed by atoms with Crippen molar-refractivity contribution in [3.8, 4) is 0 Å². The predicted octanol–water partition coefficient (Wildman–Crippen LogP) is 2.25. The van der Waals surface area contributed by atoms with E-state index < -0.39 is 39.0 Å². The summed E-state index contributed by atoms with van der Waals surface area (Å²) < 4.78 is 31.7. The minimum atomic E-state index is -3.76. The number of carbonyl (C=O) groups excluding carboxylic acids is 2. The average molecular weight is 481 g/mol. The Labute approximate surface area is 187 Å². The highest BCUT2D eigenvalue weighted by Crippen LogP contribution is 2.27. The number of fused-ring (bicyclic) bond motifs is 1. The van der Waals surface area contributed by atoms with Crippen LogP contribution in [-0.2, 0) is 24.3 Å². The first-order chi connectivity index (χ1) is 15.0. The number of nitro groups is 1. The van der Waals surface area contributed by atoms with Crippen LogP contribution in [0.5, 0.6) is 0 Å². The van der Waals surface area contributed by atoms with E-state index in [9.17, 15) is 28.1 Å². The molecule has 1 aliphatic heterocycles. The zero-order valence-electron chi connectivity index (χ0n) is 16.7. The number of non-ortho nitro benzene ring substituents is 1. The van der Waals surface area contributed by atoms with E-state index in [4.69, 9.17) is 16.3 Å². The van der Waals surface area contributed by atoms with Crippen molar-refractivity contribution in [1.29, 1.82) is 0 Å². The van der Waals surface area contributed by atoms with Crippen molar-refractivity contribution in [2.24, 2.45) is 4.99 Å². The maximum atomic E-state index is 12.4. The number of anilines is 1. The zero-order valence-corrected chi connectivity index (χ0v) is 18.3. The molecule has 0 spiro atoms. The fraction of sp³-hybridized carbons (Fsp3) is 0.211. The van der Waals surface area contributed by atoms with Gasteiger partial charge in [-0.15, -0.1) is 0 Å². The Balaban J connectivity index is 1.66. The van der Waals surface area contributed by atoms with Crippen LogP contribution in [0.1, 0.15) is 19.4 Å². The molecule has 168 valence electrons. The van der Waals surface area contributed by atoms with Crippen LogP contribution in [0.4, 0.5) is 11.4 Å². The molecule has 0 saturated heterocycles. The summed E-state index contributed by atoms with van der Waals surface area (Å²) in [5, 5.41) is 13.1. The van der Waals surface area contributed by atoms with Gasteiger partial charge in [-0.05, 0) is 32.0 Å². The van der Waals surface area contributed by atoms with Crippen molar-refractivity contribution in [2.45, 2.75) is 30.9 Å². The molecule has 0 saturated carbocycles. The number of nitro benzene ring substituents is 1. The highest BCUT2D eigenvalue weighted by atomic mass is 35.5. The second kappa shape index (κ2) is 8.93. The lowest BCUT2D eigenvalue weighted by molar-refractivity contribution is -0.384. The summed E-state index contributed by atoms with van der Waals surface area (Å²) in [6.07, 6.45) is -1.25. The molecule has 1 amide bonds. The van der Waals surface area contributed by atoms with E-state index in [-0.39, 0.29) is 27.1 Å². The summed E-state index contributed by atoms with van der Waals surface area (Å²) in [6, 6.07) is 8.55. The molecular formula is C19H17ClN4O7S. The number of aliphatic imine (C=N–C) groups is 1. The van der Waals surface area contributed by atoms with Crippen molar-refractivity contribution in [3.05, 3.63) is 63.2 Å². The number of carbonyl (C=O) groups is 2. The van der Waals surface area contributed by atoms with Crippen molar-refractivity contribution in [3.63, 3.8) is 0 Å². The molecule has 2 aromatic rings. The Bertz CT molecular complexity index is 1250. The molecule has 0 radical (unpaired) electrons. The van der Waals surface area contributed by atoms with Crippen LogP contribution in [0.15, 0.2) is 52.4 Å². The Morgan fingerprint density at radius 3 is 2.56 bits per heavy atom. The number of rotatable bonds is 6. The molecule has 0 fully saturated rings. The Hall–Kier alpha value is -3.51.